The molecule has 1 atom stereocenters. The number of aromatic nitrogens is 5. The molecule has 134 valence electrons. The largest absolute Gasteiger partial charge is 0.370 e. The van der Waals surface area contributed by atoms with Gasteiger partial charge in [-0.05, 0) is 51.0 Å². The Kier molecular flexibility index (Phi) is 4.26. The zero-order valence-electron chi connectivity index (χ0n) is 14.7. The third kappa shape index (κ3) is 3.23. The molecule has 0 spiro atoms. The van der Waals surface area contributed by atoms with Gasteiger partial charge in [0.05, 0.1) is 11.4 Å². The molecule has 1 saturated heterocycles. The summed E-state index contributed by atoms with van der Waals surface area (Å²) in [6, 6.07) is 9.28. The van der Waals surface area contributed by atoms with Crippen LogP contribution in [0.3, 0.4) is 0 Å². The maximum atomic E-state index is 12.6. The highest BCUT2D eigenvalue weighted by Crippen LogP contribution is 2.26. The Morgan fingerprint density at radius 2 is 2.23 bits per heavy atom. The first-order chi connectivity index (χ1) is 12.6. The lowest BCUT2D eigenvalue weighted by Crippen LogP contribution is -2.14. The van der Waals surface area contributed by atoms with Crippen LogP contribution in [0.15, 0.2) is 30.3 Å². The number of amides is 1. The Bertz CT molecular complexity index is 939. The van der Waals surface area contributed by atoms with Crippen LogP contribution in [0.25, 0.3) is 5.69 Å². The van der Waals surface area contributed by atoms with E-state index in [0.29, 0.717) is 11.4 Å². The summed E-state index contributed by atoms with van der Waals surface area (Å²) >= 11 is 0. The predicted octanol–water partition coefficient (Wildman–Crippen LogP) is 2.71. The van der Waals surface area contributed by atoms with Crippen molar-refractivity contribution in [3.05, 3.63) is 53.1 Å². The van der Waals surface area contributed by atoms with E-state index in [-0.39, 0.29) is 18.0 Å². The quantitative estimate of drug-likeness (QED) is 0.752. The molecule has 1 aromatic carbocycles. The summed E-state index contributed by atoms with van der Waals surface area (Å²) in [5.74, 6) is 0.623. The van der Waals surface area contributed by atoms with E-state index in [9.17, 15) is 4.79 Å². The summed E-state index contributed by atoms with van der Waals surface area (Å²) in [6.45, 7) is 4.65. The van der Waals surface area contributed by atoms with Crippen molar-refractivity contribution in [1.29, 1.82) is 0 Å². The zero-order valence-corrected chi connectivity index (χ0v) is 14.7. The van der Waals surface area contributed by atoms with Crippen molar-refractivity contribution in [2.24, 2.45) is 0 Å². The summed E-state index contributed by atoms with van der Waals surface area (Å²) < 4.78 is 7.38. The number of benzene rings is 1. The number of hydrogen-bond donors (Lipinski definition) is 2. The van der Waals surface area contributed by atoms with Crippen LogP contribution in [0.2, 0.25) is 0 Å². The molecular weight excluding hydrogens is 332 g/mol. The van der Waals surface area contributed by atoms with Crippen LogP contribution in [-0.2, 0) is 4.74 Å². The van der Waals surface area contributed by atoms with E-state index in [1.165, 1.54) is 0 Å². The van der Waals surface area contributed by atoms with Gasteiger partial charge in [-0.3, -0.25) is 15.2 Å². The van der Waals surface area contributed by atoms with Crippen molar-refractivity contribution in [2.45, 2.75) is 32.8 Å². The second kappa shape index (κ2) is 6.72. The number of H-pyrrole nitrogens is 1. The van der Waals surface area contributed by atoms with Gasteiger partial charge < -0.3 is 4.74 Å². The van der Waals surface area contributed by atoms with Gasteiger partial charge in [0.2, 0.25) is 5.95 Å². The van der Waals surface area contributed by atoms with Gasteiger partial charge in [0.25, 0.3) is 5.91 Å². The van der Waals surface area contributed by atoms with Crippen molar-refractivity contribution in [3.63, 3.8) is 0 Å². The first-order valence-corrected chi connectivity index (χ1v) is 8.59. The molecule has 3 heterocycles. The molecule has 1 aliphatic rings. The monoisotopic (exact) mass is 352 g/mol. The minimum Gasteiger partial charge on any atom is -0.370 e. The molecular formula is C18H20N6O2. The van der Waals surface area contributed by atoms with E-state index in [4.69, 9.17) is 4.74 Å². The highest BCUT2D eigenvalue weighted by atomic mass is 16.5. The van der Waals surface area contributed by atoms with Gasteiger partial charge >= 0.3 is 0 Å². The highest BCUT2D eigenvalue weighted by molar-refractivity contribution is 6.03. The number of carbonyl (C=O) groups excluding carboxylic acids is 1. The number of nitrogens with one attached hydrogen (secondary N) is 2. The molecule has 4 rings (SSSR count). The van der Waals surface area contributed by atoms with Gasteiger partial charge in [0, 0.05) is 17.9 Å². The SMILES string of the molecule is Cc1cc(C)n(-c2cccc(C(=O)Nc3n[nH]c([C@@H]4CCCO4)n3)c2)n1. The molecule has 0 saturated carbocycles. The van der Waals surface area contributed by atoms with Crippen LogP contribution >= 0.6 is 0 Å². The number of hydrogen-bond acceptors (Lipinski definition) is 5. The average molecular weight is 352 g/mol. The fourth-order valence-corrected chi connectivity index (χ4v) is 3.11. The van der Waals surface area contributed by atoms with E-state index in [0.717, 1.165) is 36.5 Å². The third-order valence-electron chi connectivity index (χ3n) is 4.33. The molecule has 8 nitrogen and oxygen atoms in total. The molecule has 0 unspecified atom stereocenters. The van der Waals surface area contributed by atoms with Crippen LogP contribution in [-0.4, -0.2) is 37.5 Å². The van der Waals surface area contributed by atoms with Gasteiger partial charge in [-0.25, -0.2) is 4.68 Å². The number of ether oxygens (including phenoxy) is 1. The Morgan fingerprint density at radius 1 is 1.35 bits per heavy atom. The second-order valence-electron chi connectivity index (χ2n) is 6.39. The topological polar surface area (TPSA) is 97.7 Å². The van der Waals surface area contributed by atoms with Gasteiger partial charge in [-0.2, -0.15) is 10.1 Å². The highest BCUT2D eigenvalue weighted by Gasteiger charge is 2.22. The Labute approximate surface area is 150 Å². The molecule has 8 heteroatoms. The van der Waals surface area contributed by atoms with E-state index in [1.807, 2.05) is 36.7 Å². The van der Waals surface area contributed by atoms with E-state index in [2.05, 4.69) is 25.6 Å². The zero-order chi connectivity index (χ0) is 18.1. The third-order valence-corrected chi connectivity index (χ3v) is 4.33. The standard InChI is InChI=1S/C18H20N6O2/c1-11-9-12(2)24(23-11)14-6-3-5-13(10-14)17(25)20-18-19-16(21-22-18)15-7-4-8-26-15/h3,5-6,9-10,15H,4,7-8H2,1-2H3,(H2,19,20,21,22,25)/t15-/m0/s1. The first kappa shape index (κ1) is 16.5. The smallest absolute Gasteiger partial charge is 0.258 e. The van der Waals surface area contributed by atoms with E-state index in [1.54, 1.807) is 12.1 Å². The molecule has 2 N–H and O–H groups in total. The Hall–Kier alpha value is -3.00. The second-order valence-corrected chi connectivity index (χ2v) is 6.39. The molecule has 1 fully saturated rings. The van der Waals surface area contributed by atoms with E-state index >= 15 is 0 Å². The summed E-state index contributed by atoms with van der Waals surface area (Å²) in [5, 5.41) is 14.1. The number of rotatable bonds is 4. The number of nitrogens with zero attached hydrogens (tertiary/aromatic N) is 4. The summed E-state index contributed by atoms with van der Waals surface area (Å²) in [6.07, 6.45) is 1.85. The fraction of sp³-hybridized carbons (Fsp3) is 0.333. The van der Waals surface area contributed by atoms with Crippen LogP contribution in [0.5, 0.6) is 0 Å². The minimum atomic E-state index is -0.272. The molecule has 1 aliphatic heterocycles. The van der Waals surface area contributed by atoms with Crippen LogP contribution in [0, 0.1) is 13.8 Å². The van der Waals surface area contributed by atoms with Crippen molar-refractivity contribution in [2.75, 3.05) is 11.9 Å². The number of carbonyl (C=O) groups is 1. The Morgan fingerprint density at radius 3 is 2.96 bits per heavy atom. The Balaban J connectivity index is 1.51. The summed E-state index contributed by atoms with van der Waals surface area (Å²) in [4.78, 5) is 16.9. The molecule has 0 radical (unpaired) electrons. The van der Waals surface area contributed by atoms with Gasteiger partial charge in [-0.1, -0.05) is 6.07 Å². The van der Waals surface area contributed by atoms with Gasteiger partial charge in [0.1, 0.15) is 6.10 Å². The fourth-order valence-electron chi connectivity index (χ4n) is 3.11. The van der Waals surface area contributed by atoms with Crippen molar-refractivity contribution >= 4 is 11.9 Å². The summed E-state index contributed by atoms with van der Waals surface area (Å²) in [7, 11) is 0. The lowest BCUT2D eigenvalue weighted by atomic mass is 10.2. The summed E-state index contributed by atoms with van der Waals surface area (Å²) in [5.41, 5.74) is 3.28. The van der Waals surface area contributed by atoms with E-state index < -0.39 is 0 Å². The molecule has 26 heavy (non-hydrogen) atoms. The van der Waals surface area contributed by atoms with Crippen molar-refractivity contribution in [1.82, 2.24) is 25.0 Å². The number of aromatic amines is 1. The van der Waals surface area contributed by atoms with Gasteiger partial charge in [-0.15, -0.1) is 5.10 Å². The number of aryl methyl sites for hydroxylation is 2. The maximum absolute atomic E-state index is 12.6. The van der Waals surface area contributed by atoms with Gasteiger partial charge in [0.15, 0.2) is 5.82 Å². The minimum absolute atomic E-state index is 0.0671. The molecule has 2 aromatic heterocycles. The molecule has 0 aliphatic carbocycles. The van der Waals surface area contributed by atoms with Crippen molar-refractivity contribution in [3.8, 4) is 5.69 Å². The van der Waals surface area contributed by atoms with Crippen LogP contribution in [0.1, 0.15) is 46.5 Å². The van der Waals surface area contributed by atoms with Crippen LogP contribution in [0.4, 0.5) is 5.95 Å². The maximum Gasteiger partial charge on any atom is 0.258 e. The molecule has 0 bridgehead atoms. The first-order valence-electron chi connectivity index (χ1n) is 8.59. The lowest BCUT2D eigenvalue weighted by Gasteiger charge is -2.07. The lowest BCUT2D eigenvalue weighted by molar-refractivity contribution is 0.102. The van der Waals surface area contributed by atoms with Crippen LogP contribution < -0.4 is 5.32 Å². The number of anilines is 1. The normalized spacial score (nSPS) is 16.8. The van der Waals surface area contributed by atoms with Crippen molar-refractivity contribution < 1.29 is 9.53 Å². The molecule has 1 amide bonds. The predicted molar refractivity (Wildman–Crippen MR) is 95.3 cm³/mol. The molecule has 3 aromatic rings. The average Bonchev–Trinajstić information content (AvgIpc) is 3.36.